The maximum Gasteiger partial charge on any atom is 0.0656 e. The van der Waals surface area contributed by atoms with E-state index >= 15 is 0 Å². The van der Waals surface area contributed by atoms with Gasteiger partial charge in [0.25, 0.3) is 0 Å². The van der Waals surface area contributed by atoms with E-state index < -0.39 is 0 Å². The molecule has 2 rings (SSSR count). The van der Waals surface area contributed by atoms with Gasteiger partial charge in [-0.2, -0.15) is 5.10 Å². The monoisotopic (exact) mass is 192 g/mol. The summed E-state index contributed by atoms with van der Waals surface area (Å²) < 4.78 is 0. The van der Waals surface area contributed by atoms with Crippen LogP contribution in [0.1, 0.15) is 5.56 Å². The Kier molecular flexibility index (Phi) is 2.32. The second kappa shape index (κ2) is 3.62. The third-order valence-electron chi connectivity index (χ3n) is 1.87. The van der Waals surface area contributed by atoms with Crippen LogP contribution in [-0.2, 0) is 0 Å². The zero-order chi connectivity index (χ0) is 9.10. The molecule has 0 aliphatic rings. The molecule has 0 amide bonds. The number of nitrogens with one attached hydrogen (secondary N) is 1. The van der Waals surface area contributed by atoms with E-state index in [-0.39, 0.29) is 0 Å². The molecule has 1 N–H and O–H groups in total. The Hall–Kier alpha value is -1.28. The first-order chi connectivity index (χ1) is 6.40. The van der Waals surface area contributed by atoms with E-state index in [1.807, 2.05) is 36.5 Å². The Bertz CT molecular complexity index is 431. The standard InChI is InChI=1S/C10H9ClN2/c11-5-1-2-8-3-4-9-7-12-13-10(9)6-8/h1-4,6-7H,5H2,(H,12,13). The van der Waals surface area contributed by atoms with Crippen LogP contribution in [0.2, 0.25) is 0 Å². The molecular formula is C10H9ClN2. The molecule has 0 saturated heterocycles. The van der Waals surface area contributed by atoms with E-state index in [4.69, 9.17) is 11.6 Å². The maximum atomic E-state index is 5.54. The molecule has 1 heterocycles. The first-order valence-electron chi connectivity index (χ1n) is 4.06. The van der Waals surface area contributed by atoms with Crippen LogP contribution in [0.25, 0.3) is 17.0 Å². The number of hydrogen-bond donors (Lipinski definition) is 1. The Labute approximate surface area is 81.2 Å². The van der Waals surface area contributed by atoms with Crippen LogP contribution in [-0.4, -0.2) is 16.1 Å². The van der Waals surface area contributed by atoms with Crippen molar-refractivity contribution in [3.63, 3.8) is 0 Å². The summed E-state index contributed by atoms with van der Waals surface area (Å²) in [5, 5.41) is 7.99. The predicted molar refractivity (Wildman–Crippen MR) is 55.8 cm³/mol. The summed E-state index contributed by atoms with van der Waals surface area (Å²) in [4.78, 5) is 0. The Morgan fingerprint density at radius 2 is 2.38 bits per heavy atom. The molecule has 1 aromatic carbocycles. The summed E-state index contributed by atoms with van der Waals surface area (Å²) in [6, 6.07) is 6.12. The maximum absolute atomic E-state index is 5.54. The Morgan fingerprint density at radius 1 is 1.46 bits per heavy atom. The normalized spacial score (nSPS) is 11.5. The van der Waals surface area contributed by atoms with Crippen molar-refractivity contribution in [2.24, 2.45) is 0 Å². The van der Waals surface area contributed by atoms with Gasteiger partial charge in [-0.25, -0.2) is 0 Å². The highest BCUT2D eigenvalue weighted by Gasteiger charge is 1.94. The van der Waals surface area contributed by atoms with Crippen molar-refractivity contribution >= 4 is 28.6 Å². The summed E-state index contributed by atoms with van der Waals surface area (Å²) in [5.41, 5.74) is 2.19. The van der Waals surface area contributed by atoms with Crippen LogP contribution >= 0.6 is 11.6 Å². The second-order valence-corrected chi connectivity index (χ2v) is 3.08. The molecule has 2 aromatic rings. The number of H-pyrrole nitrogens is 1. The molecular weight excluding hydrogens is 184 g/mol. The number of benzene rings is 1. The minimum absolute atomic E-state index is 0.543. The third-order valence-corrected chi connectivity index (χ3v) is 2.04. The molecule has 0 aliphatic heterocycles. The summed E-state index contributed by atoms with van der Waals surface area (Å²) in [6.45, 7) is 0. The number of rotatable bonds is 2. The van der Waals surface area contributed by atoms with Crippen molar-refractivity contribution in [1.82, 2.24) is 10.2 Å². The minimum atomic E-state index is 0.543. The lowest BCUT2D eigenvalue weighted by Gasteiger charge is -1.92. The molecule has 0 unspecified atom stereocenters. The number of alkyl halides is 1. The van der Waals surface area contributed by atoms with Gasteiger partial charge in [-0.3, -0.25) is 5.10 Å². The van der Waals surface area contributed by atoms with E-state index in [9.17, 15) is 0 Å². The summed E-state index contributed by atoms with van der Waals surface area (Å²) in [5.74, 6) is 0.543. The summed E-state index contributed by atoms with van der Waals surface area (Å²) in [7, 11) is 0. The average Bonchev–Trinajstić information content (AvgIpc) is 2.61. The van der Waals surface area contributed by atoms with E-state index in [0.717, 1.165) is 16.5 Å². The van der Waals surface area contributed by atoms with Crippen molar-refractivity contribution in [1.29, 1.82) is 0 Å². The minimum Gasteiger partial charge on any atom is -0.278 e. The van der Waals surface area contributed by atoms with Gasteiger partial charge in [0, 0.05) is 11.3 Å². The number of halogens is 1. The number of nitrogens with zero attached hydrogens (tertiary/aromatic N) is 1. The molecule has 0 spiro atoms. The van der Waals surface area contributed by atoms with Gasteiger partial charge in [-0.1, -0.05) is 24.3 Å². The molecule has 0 bridgehead atoms. The highest BCUT2D eigenvalue weighted by Crippen LogP contribution is 2.13. The van der Waals surface area contributed by atoms with Crippen molar-refractivity contribution in [2.45, 2.75) is 0 Å². The van der Waals surface area contributed by atoms with Crippen molar-refractivity contribution in [3.05, 3.63) is 36.0 Å². The van der Waals surface area contributed by atoms with Crippen LogP contribution in [0.5, 0.6) is 0 Å². The highest BCUT2D eigenvalue weighted by atomic mass is 35.5. The molecule has 66 valence electrons. The number of allylic oxidation sites excluding steroid dienone is 1. The van der Waals surface area contributed by atoms with Crippen LogP contribution in [0.4, 0.5) is 0 Å². The first-order valence-corrected chi connectivity index (χ1v) is 4.59. The fourth-order valence-electron chi connectivity index (χ4n) is 1.24. The summed E-state index contributed by atoms with van der Waals surface area (Å²) in [6.07, 6.45) is 5.72. The van der Waals surface area contributed by atoms with E-state index in [1.165, 1.54) is 0 Å². The Balaban J connectivity index is 2.42. The average molecular weight is 193 g/mol. The van der Waals surface area contributed by atoms with E-state index in [2.05, 4.69) is 10.2 Å². The molecule has 3 heteroatoms. The van der Waals surface area contributed by atoms with Gasteiger partial charge in [0.1, 0.15) is 0 Å². The van der Waals surface area contributed by atoms with Crippen molar-refractivity contribution < 1.29 is 0 Å². The molecule has 1 aromatic heterocycles. The lowest BCUT2D eigenvalue weighted by molar-refractivity contribution is 1.12. The first kappa shape index (κ1) is 8.32. The smallest absolute Gasteiger partial charge is 0.0656 e. The molecule has 0 fully saturated rings. The lowest BCUT2D eigenvalue weighted by Crippen LogP contribution is -1.73. The lowest BCUT2D eigenvalue weighted by atomic mass is 10.1. The van der Waals surface area contributed by atoms with Crippen LogP contribution in [0.3, 0.4) is 0 Å². The number of aromatic nitrogens is 2. The quantitative estimate of drug-likeness (QED) is 0.729. The highest BCUT2D eigenvalue weighted by molar-refractivity contribution is 6.19. The van der Waals surface area contributed by atoms with E-state index in [0.29, 0.717) is 5.88 Å². The molecule has 13 heavy (non-hydrogen) atoms. The fourth-order valence-corrected chi connectivity index (χ4v) is 1.33. The largest absolute Gasteiger partial charge is 0.278 e. The van der Waals surface area contributed by atoms with Gasteiger partial charge in [0.15, 0.2) is 0 Å². The van der Waals surface area contributed by atoms with E-state index in [1.54, 1.807) is 0 Å². The molecule has 0 saturated carbocycles. The SMILES string of the molecule is ClCC=Cc1ccc2cn[nH]c2c1. The number of aromatic amines is 1. The number of hydrogen-bond acceptors (Lipinski definition) is 1. The van der Waals surface area contributed by atoms with Gasteiger partial charge in [0.05, 0.1) is 11.7 Å². The zero-order valence-electron chi connectivity index (χ0n) is 7.00. The Morgan fingerprint density at radius 3 is 3.23 bits per heavy atom. The van der Waals surface area contributed by atoms with Crippen molar-refractivity contribution in [3.8, 4) is 0 Å². The van der Waals surface area contributed by atoms with Gasteiger partial charge in [-0.05, 0) is 11.6 Å². The predicted octanol–water partition coefficient (Wildman–Crippen LogP) is 2.81. The molecule has 0 radical (unpaired) electrons. The van der Waals surface area contributed by atoms with Gasteiger partial charge in [0.2, 0.25) is 0 Å². The van der Waals surface area contributed by atoms with Gasteiger partial charge in [-0.15, -0.1) is 11.6 Å². The molecule has 2 nitrogen and oxygen atoms in total. The molecule has 0 atom stereocenters. The van der Waals surface area contributed by atoms with Crippen LogP contribution in [0, 0.1) is 0 Å². The van der Waals surface area contributed by atoms with Crippen LogP contribution in [0.15, 0.2) is 30.5 Å². The van der Waals surface area contributed by atoms with Gasteiger partial charge < -0.3 is 0 Å². The summed E-state index contributed by atoms with van der Waals surface area (Å²) >= 11 is 5.54. The second-order valence-electron chi connectivity index (χ2n) is 2.77. The third kappa shape index (κ3) is 1.73. The fraction of sp³-hybridized carbons (Fsp3) is 0.100. The molecule has 0 aliphatic carbocycles. The van der Waals surface area contributed by atoms with Crippen molar-refractivity contribution in [2.75, 3.05) is 5.88 Å². The topological polar surface area (TPSA) is 28.7 Å². The number of fused-ring (bicyclic) bond motifs is 1. The zero-order valence-corrected chi connectivity index (χ0v) is 7.75. The van der Waals surface area contributed by atoms with Crippen LogP contribution < -0.4 is 0 Å². The van der Waals surface area contributed by atoms with Gasteiger partial charge >= 0.3 is 0 Å².